The number of methoxy groups -OCH3 is 1. The molecule has 1 unspecified atom stereocenters. The highest BCUT2D eigenvalue weighted by Gasteiger charge is 2.21. The predicted molar refractivity (Wildman–Crippen MR) is 55.1 cm³/mol. The third-order valence-electron chi connectivity index (χ3n) is 2.16. The van der Waals surface area contributed by atoms with E-state index < -0.39 is 11.7 Å². The van der Waals surface area contributed by atoms with Gasteiger partial charge in [0, 0.05) is 24.2 Å². The van der Waals surface area contributed by atoms with E-state index in [1.807, 2.05) is 0 Å². The van der Waals surface area contributed by atoms with E-state index in [0.717, 1.165) is 6.07 Å². The van der Waals surface area contributed by atoms with Crippen molar-refractivity contribution in [2.24, 2.45) is 0 Å². The fourth-order valence-corrected chi connectivity index (χ4v) is 1.69. The van der Waals surface area contributed by atoms with Gasteiger partial charge in [0.05, 0.1) is 12.1 Å². The topological polar surface area (TPSA) is 49.7 Å². The first-order valence-corrected chi connectivity index (χ1v) is 4.76. The van der Waals surface area contributed by atoms with Crippen LogP contribution in [0.2, 0.25) is 5.02 Å². The van der Waals surface area contributed by atoms with E-state index >= 15 is 0 Å². The Hall–Kier alpha value is -1.00. The van der Waals surface area contributed by atoms with Gasteiger partial charge in [0.2, 0.25) is 0 Å². The first-order valence-electron chi connectivity index (χ1n) is 4.38. The van der Waals surface area contributed by atoms with Gasteiger partial charge in [-0.15, -0.1) is 0 Å². The summed E-state index contributed by atoms with van der Waals surface area (Å²) in [5.74, 6) is -1.36. The molecule has 0 fully saturated rings. The van der Waals surface area contributed by atoms with Crippen molar-refractivity contribution in [1.82, 2.24) is 0 Å². The van der Waals surface area contributed by atoms with Crippen molar-refractivity contribution in [2.75, 3.05) is 13.7 Å². The molecule has 0 saturated carbocycles. The van der Waals surface area contributed by atoms with Crippen LogP contribution in [0.3, 0.4) is 0 Å². The number of halogens is 2. The highest BCUT2D eigenvalue weighted by molar-refractivity contribution is 6.31. The van der Waals surface area contributed by atoms with Crippen LogP contribution in [0.5, 0.6) is 11.5 Å². The number of aliphatic hydroxyl groups excluding tert-OH is 1. The summed E-state index contributed by atoms with van der Waals surface area (Å²) >= 11 is 5.75. The maximum Gasteiger partial charge on any atom is 0.165 e. The lowest BCUT2D eigenvalue weighted by molar-refractivity contribution is 0.268. The second-order valence-electron chi connectivity index (χ2n) is 3.22. The first-order chi connectivity index (χ1) is 7.02. The van der Waals surface area contributed by atoms with Crippen molar-refractivity contribution in [3.05, 3.63) is 22.5 Å². The lowest BCUT2D eigenvalue weighted by Crippen LogP contribution is -2.04. The van der Waals surface area contributed by atoms with Gasteiger partial charge < -0.3 is 14.9 Å². The Morgan fingerprint density at radius 3 is 2.67 bits per heavy atom. The average Bonchev–Trinajstić information content (AvgIpc) is 2.21. The molecule has 0 saturated heterocycles. The maximum absolute atomic E-state index is 13.2. The predicted octanol–water partition coefficient (Wildman–Crippen LogP) is 2.29. The average molecular weight is 235 g/mol. The van der Waals surface area contributed by atoms with Gasteiger partial charge in [0.15, 0.2) is 11.5 Å². The summed E-state index contributed by atoms with van der Waals surface area (Å²) in [7, 11) is 1.34. The minimum Gasteiger partial charge on any atom is -0.504 e. The number of phenolic OH excluding ortho intramolecular Hbond substituents is 1. The normalized spacial score (nSPS) is 12.6. The highest BCUT2D eigenvalue weighted by Crippen LogP contribution is 2.41. The quantitative estimate of drug-likeness (QED) is 0.844. The molecule has 3 nitrogen and oxygen atoms in total. The fraction of sp³-hybridized carbons (Fsp3) is 0.400. The third-order valence-corrected chi connectivity index (χ3v) is 2.54. The molecule has 84 valence electrons. The van der Waals surface area contributed by atoms with E-state index in [1.54, 1.807) is 6.92 Å². The Kier molecular flexibility index (Phi) is 3.77. The minimum absolute atomic E-state index is 0.1000. The molecule has 0 amide bonds. The van der Waals surface area contributed by atoms with Crippen LogP contribution in [0.25, 0.3) is 0 Å². The lowest BCUT2D eigenvalue weighted by Gasteiger charge is -2.16. The summed E-state index contributed by atoms with van der Waals surface area (Å²) in [6.07, 6.45) is 0. The molecule has 0 aromatic heterocycles. The second-order valence-corrected chi connectivity index (χ2v) is 3.60. The molecule has 1 aromatic carbocycles. The molecule has 0 aliphatic heterocycles. The molecule has 0 spiro atoms. The van der Waals surface area contributed by atoms with E-state index in [-0.39, 0.29) is 28.7 Å². The molecule has 1 aromatic rings. The molecule has 0 radical (unpaired) electrons. The number of hydrogen-bond acceptors (Lipinski definition) is 3. The lowest BCUT2D eigenvalue weighted by atomic mass is 10.00. The molecule has 1 atom stereocenters. The number of phenols is 1. The summed E-state index contributed by atoms with van der Waals surface area (Å²) in [5.41, 5.74) is 0.277. The zero-order valence-corrected chi connectivity index (χ0v) is 9.18. The number of hydrogen-bond donors (Lipinski definition) is 2. The van der Waals surface area contributed by atoms with Gasteiger partial charge in [0.25, 0.3) is 0 Å². The van der Waals surface area contributed by atoms with Gasteiger partial charge in [-0.2, -0.15) is 0 Å². The fourth-order valence-electron chi connectivity index (χ4n) is 1.36. The van der Waals surface area contributed by atoms with Crippen molar-refractivity contribution in [1.29, 1.82) is 0 Å². The van der Waals surface area contributed by atoms with Gasteiger partial charge in [-0.1, -0.05) is 18.5 Å². The van der Waals surface area contributed by atoms with Gasteiger partial charge in [-0.3, -0.25) is 0 Å². The molecule has 15 heavy (non-hydrogen) atoms. The summed E-state index contributed by atoms with van der Waals surface area (Å²) in [4.78, 5) is 0. The standard InChI is InChI=1S/C10H12ClFO3/c1-5(4-13)8-9(11)6(12)3-7(14)10(8)15-2/h3,5,13-14H,4H2,1-2H3. The molecule has 0 bridgehead atoms. The van der Waals surface area contributed by atoms with Gasteiger partial charge >= 0.3 is 0 Å². The number of ether oxygens (including phenoxy) is 1. The molecule has 0 heterocycles. The van der Waals surface area contributed by atoms with Crippen LogP contribution in [0.4, 0.5) is 4.39 Å². The Labute approximate surface area is 92.1 Å². The maximum atomic E-state index is 13.2. The second kappa shape index (κ2) is 4.68. The largest absolute Gasteiger partial charge is 0.504 e. The van der Waals surface area contributed by atoms with Crippen LogP contribution in [0.1, 0.15) is 18.4 Å². The summed E-state index contributed by atoms with van der Waals surface area (Å²) < 4.78 is 18.1. The number of rotatable bonds is 3. The Bertz CT molecular complexity index is 368. The molecular weight excluding hydrogens is 223 g/mol. The van der Waals surface area contributed by atoms with Crippen LogP contribution < -0.4 is 4.74 Å². The van der Waals surface area contributed by atoms with Crippen LogP contribution in [0, 0.1) is 5.82 Å². The van der Waals surface area contributed by atoms with E-state index in [9.17, 15) is 9.50 Å². The molecule has 0 aliphatic rings. The van der Waals surface area contributed by atoms with E-state index in [1.165, 1.54) is 7.11 Å². The first kappa shape index (κ1) is 12.1. The van der Waals surface area contributed by atoms with E-state index in [4.69, 9.17) is 21.4 Å². The summed E-state index contributed by atoms with van der Waals surface area (Å²) in [6, 6.07) is 0.884. The minimum atomic E-state index is -0.731. The van der Waals surface area contributed by atoms with Crippen LogP contribution in [-0.4, -0.2) is 23.9 Å². The van der Waals surface area contributed by atoms with Crippen LogP contribution in [0.15, 0.2) is 6.07 Å². The Morgan fingerprint density at radius 2 is 2.20 bits per heavy atom. The molecule has 1 rings (SSSR count). The van der Waals surface area contributed by atoms with Crippen molar-refractivity contribution in [3.63, 3.8) is 0 Å². The Balaban J connectivity index is 3.43. The van der Waals surface area contributed by atoms with Gasteiger partial charge in [-0.05, 0) is 0 Å². The Morgan fingerprint density at radius 1 is 1.60 bits per heavy atom. The van der Waals surface area contributed by atoms with Crippen molar-refractivity contribution >= 4 is 11.6 Å². The van der Waals surface area contributed by atoms with E-state index in [0.29, 0.717) is 0 Å². The number of aromatic hydroxyl groups is 1. The number of benzene rings is 1. The zero-order valence-electron chi connectivity index (χ0n) is 8.42. The van der Waals surface area contributed by atoms with Crippen molar-refractivity contribution < 1.29 is 19.3 Å². The SMILES string of the molecule is COc1c(O)cc(F)c(Cl)c1C(C)CO. The smallest absolute Gasteiger partial charge is 0.165 e. The molecular formula is C10H12ClFO3. The molecule has 2 N–H and O–H groups in total. The monoisotopic (exact) mass is 234 g/mol. The number of aliphatic hydroxyl groups is 1. The third kappa shape index (κ3) is 2.16. The van der Waals surface area contributed by atoms with Crippen molar-refractivity contribution in [3.8, 4) is 11.5 Å². The zero-order chi connectivity index (χ0) is 11.6. The van der Waals surface area contributed by atoms with Crippen LogP contribution in [-0.2, 0) is 0 Å². The summed E-state index contributed by atoms with van der Waals surface area (Å²) in [6.45, 7) is 1.45. The highest BCUT2D eigenvalue weighted by atomic mass is 35.5. The van der Waals surface area contributed by atoms with E-state index in [2.05, 4.69) is 0 Å². The van der Waals surface area contributed by atoms with Crippen LogP contribution >= 0.6 is 11.6 Å². The van der Waals surface area contributed by atoms with Crippen molar-refractivity contribution in [2.45, 2.75) is 12.8 Å². The van der Waals surface area contributed by atoms with Gasteiger partial charge in [-0.25, -0.2) is 4.39 Å². The molecule has 5 heteroatoms. The summed E-state index contributed by atoms with van der Waals surface area (Å²) in [5, 5.41) is 18.3. The van der Waals surface area contributed by atoms with Gasteiger partial charge in [0.1, 0.15) is 5.82 Å². The molecule has 0 aliphatic carbocycles.